The minimum absolute atomic E-state index is 0.0112. The monoisotopic (exact) mass is 701 g/mol. The van der Waals surface area contributed by atoms with Crippen LogP contribution in [-0.2, 0) is 26.7 Å². The molecule has 5 aromatic rings. The van der Waals surface area contributed by atoms with Crippen molar-refractivity contribution in [3.05, 3.63) is 148 Å². The Hall–Kier alpha value is -4.85. The van der Waals surface area contributed by atoms with Crippen LogP contribution in [0.25, 0.3) is 22.3 Å². The number of aryl methyl sites for hydroxylation is 3. The lowest BCUT2D eigenvalue weighted by Gasteiger charge is -2.20. The zero-order chi connectivity index (χ0) is 36.9. The number of hydrogen-bond donors (Lipinski definition) is 2. The molecule has 0 fully saturated rings. The SMILES string of the molecule is Cc1cc(C)c(-c2ccc(NC(=O)C(Cc3ccc(C(=O)CCCS(=O)(=O)O)cc3)c3ccc(-c4ccc(C(C)(C)C)cc4)cc3)cc2)c(C)c1. The van der Waals surface area contributed by atoms with E-state index in [4.69, 9.17) is 4.55 Å². The minimum atomic E-state index is -4.12. The summed E-state index contributed by atoms with van der Waals surface area (Å²) in [4.78, 5) is 26.7. The third-order valence-electron chi connectivity index (χ3n) is 9.35. The van der Waals surface area contributed by atoms with E-state index in [1.807, 2.05) is 48.5 Å². The van der Waals surface area contributed by atoms with Crippen LogP contribution in [0.3, 0.4) is 0 Å². The molecule has 5 aromatic carbocycles. The summed E-state index contributed by atoms with van der Waals surface area (Å²) in [5.41, 5.74) is 12.4. The van der Waals surface area contributed by atoms with Gasteiger partial charge in [-0.3, -0.25) is 14.1 Å². The third kappa shape index (κ3) is 9.90. The van der Waals surface area contributed by atoms with Gasteiger partial charge in [0, 0.05) is 17.7 Å². The zero-order valence-electron chi connectivity index (χ0n) is 30.3. The molecule has 5 rings (SSSR count). The van der Waals surface area contributed by atoms with E-state index in [0.29, 0.717) is 17.7 Å². The molecule has 51 heavy (non-hydrogen) atoms. The van der Waals surface area contributed by atoms with Gasteiger partial charge in [-0.2, -0.15) is 8.42 Å². The minimum Gasteiger partial charge on any atom is -0.326 e. The highest BCUT2D eigenvalue weighted by atomic mass is 32.2. The molecule has 0 bridgehead atoms. The lowest BCUT2D eigenvalue weighted by atomic mass is 9.86. The van der Waals surface area contributed by atoms with Crippen LogP contribution in [0.2, 0.25) is 0 Å². The van der Waals surface area contributed by atoms with Gasteiger partial charge in [0.15, 0.2) is 5.78 Å². The number of carbonyl (C=O) groups is 2. The molecule has 1 unspecified atom stereocenters. The Labute approximate surface area is 302 Å². The Morgan fingerprint density at radius 1 is 0.725 bits per heavy atom. The molecule has 0 aliphatic carbocycles. The first kappa shape index (κ1) is 37.4. The van der Waals surface area contributed by atoms with Gasteiger partial charge in [0.1, 0.15) is 0 Å². The average molecular weight is 702 g/mol. The summed E-state index contributed by atoms with van der Waals surface area (Å²) in [6, 6.07) is 36.1. The van der Waals surface area contributed by atoms with Crippen molar-refractivity contribution < 1.29 is 22.6 Å². The molecule has 1 amide bonds. The van der Waals surface area contributed by atoms with Crippen LogP contribution in [-0.4, -0.2) is 30.4 Å². The van der Waals surface area contributed by atoms with Crippen molar-refractivity contribution in [1.29, 1.82) is 0 Å². The number of nitrogens with one attached hydrogen (secondary N) is 1. The van der Waals surface area contributed by atoms with Gasteiger partial charge >= 0.3 is 0 Å². The first-order valence-electron chi connectivity index (χ1n) is 17.3. The molecule has 264 valence electrons. The van der Waals surface area contributed by atoms with Crippen LogP contribution in [0.15, 0.2) is 109 Å². The summed E-state index contributed by atoms with van der Waals surface area (Å²) in [6.07, 6.45) is 0.462. The van der Waals surface area contributed by atoms with Gasteiger partial charge in [-0.05, 0) is 101 Å². The van der Waals surface area contributed by atoms with Crippen molar-refractivity contribution in [2.24, 2.45) is 0 Å². The smallest absolute Gasteiger partial charge is 0.264 e. The molecule has 0 aliphatic heterocycles. The van der Waals surface area contributed by atoms with Gasteiger partial charge in [0.2, 0.25) is 5.91 Å². The van der Waals surface area contributed by atoms with E-state index in [1.54, 1.807) is 12.1 Å². The lowest BCUT2D eigenvalue weighted by molar-refractivity contribution is -0.117. The highest BCUT2D eigenvalue weighted by Gasteiger charge is 2.23. The Bertz CT molecular complexity index is 2090. The van der Waals surface area contributed by atoms with Gasteiger partial charge in [-0.25, -0.2) is 0 Å². The van der Waals surface area contributed by atoms with Gasteiger partial charge < -0.3 is 5.32 Å². The maximum atomic E-state index is 14.0. The van der Waals surface area contributed by atoms with Crippen molar-refractivity contribution in [2.75, 3.05) is 11.1 Å². The fourth-order valence-corrected chi connectivity index (χ4v) is 7.15. The number of amides is 1. The largest absolute Gasteiger partial charge is 0.326 e. The molecule has 0 saturated carbocycles. The first-order chi connectivity index (χ1) is 24.1. The summed E-state index contributed by atoms with van der Waals surface area (Å²) in [6.45, 7) is 12.9. The Morgan fingerprint density at radius 2 is 1.25 bits per heavy atom. The van der Waals surface area contributed by atoms with Gasteiger partial charge in [-0.15, -0.1) is 0 Å². The predicted octanol–water partition coefficient (Wildman–Crippen LogP) is 10.1. The van der Waals surface area contributed by atoms with Crippen molar-refractivity contribution in [1.82, 2.24) is 0 Å². The molecule has 0 aliphatic rings. The van der Waals surface area contributed by atoms with E-state index in [2.05, 4.69) is 95.4 Å². The molecule has 0 radical (unpaired) electrons. The first-order valence-corrected chi connectivity index (χ1v) is 19.0. The van der Waals surface area contributed by atoms with E-state index in [-0.39, 0.29) is 29.9 Å². The second kappa shape index (κ2) is 15.6. The second-order valence-electron chi connectivity index (χ2n) is 14.6. The topological polar surface area (TPSA) is 101 Å². The average Bonchev–Trinajstić information content (AvgIpc) is 3.07. The fraction of sp³-hybridized carbons (Fsp3) is 0.273. The summed E-state index contributed by atoms with van der Waals surface area (Å²) >= 11 is 0. The molecule has 0 saturated heterocycles. The van der Waals surface area contributed by atoms with E-state index in [1.165, 1.54) is 27.8 Å². The highest BCUT2D eigenvalue weighted by molar-refractivity contribution is 7.85. The molecular formula is C44H47NO5S. The van der Waals surface area contributed by atoms with Crippen molar-refractivity contribution >= 4 is 27.5 Å². The van der Waals surface area contributed by atoms with E-state index >= 15 is 0 Å². The van der Waals surface area contributed by atoms with Gasteiger partial charge in [-0.1, -0.05) is 123 Å². The molecule has 0 spiro atoms. The van der Waals surface area contributed by atoms with Crippen LogP contribution in [0.4, 0.5) is 5.69 Å². The standard InChI is InChI=1S/C44H47NO5S/c1-29-26-30(2)42(31(3)27-29)37-19-23-39(24-20-37)45-43(47)40(28-32-9-11-36(12-10-32)41(46)8-7-25-51(48,49)50)35-15-13-33(14-16-35)34-17-21-38(22-18-34)44(4,5)6/h9-24,26-27,40H,7-8,25,28H2,1-6H3,(H,45,47)(H,48,49,50). The highest BCUT2D eigenvalue weighted by Crippen LogP contribution is 2.32. The van der Waals surface area contributed by atoms with Crippen LogP contribution < -0.4 is 5.32 Å². The molecule has 2 N–H and O–H groups in total. The molecule has 0 heterocycles. The normalized spacial score (nSPS) is 12.4. The molecular weight excluding hydrogens is 655 g/mol. The van der Waals surface area contributed by atoms with Crippen LogP contribution in [0.1, 0.15) is 83.3 Å². The summed E-state index contributed by atoms with van der Waals surface area (Å²) in [5.74, 6) is -1.31. The lowest BCUT2D eigenvalue weighted by Crippen LogP contribution is -2.23. The predicted molar refractivity (Wildman–Crippen MR) is 208 cm³/mol. The van der Waals surface area contributed by atoms with Gasteiger partial charge in [0.25, 0.3) is 10.1 Å². The third-order valence-corrected chi connectivity index (χ3v) is 10.2. The van der Waals surface area contributed by atoms with Crippen molar-refractivity contribution in [3.63, 3.8) is 0 Å². The van der Waals surface area contributed by atoms with Crippen LogP contribution >= 0.6 is 0 Å². The fourth-order valence-electron chi connectivity index (χ4n) is 6.64. The van der Waals surface area contributed by atoms with E-state index in [9.17, 15) is 18.0 Å². The Kier molecular flexibility index (Phi) is 11.4. The Balaban J connectivity index is 1.38. The van der Waals surface area contributed by atoms with Crippen LogP contribution in [0, 0.1) is 20.8 Å². The number of carbonyl (C=O) groups excluding carboxylic acids is 2. The quantitative estimate of drug-likeness (QED) is 0.0996. The number of benzene rings is 5. The maximum absolute atomic E-state index is 14.0. The number of Topliss-reactive ketones (excluding diaryl/α,β-unsaturated/α-hetero) is 1. The number of ketones is 1. The maximum Gasteiger partial charge on any atom is 0.264 e. The summed E-state index contributed by atoms with van der Waals surface area (Å²) in [7, 11) is -4.12. The Morgan fingerprint density at radius 3 is 1.78 bits per heavy atom. The van der Waals surface area contributed by atoms with E-state index < -0.39 is 21.8 Å². The van der Waals surface area contributed by atoms with Gasteiger partial charge in [0.05, 0.1) is 11.7 Å². The molecule has 0 aromatic heterocycles. The summed E-state index contributed by atoms with van der Waals surface area (Å²) in [5, 5.41) is 3.15. The molecule has 1 atom stereocenters. The van der Waals surface area contributed by atoms with Crippen LogP contribution in [0.5, 0.6) is 0 Å². The number of rotatable bonds is 12. The summed E-state index contributed by atoms with van der Waals surface area (Å²) < 4.78 is 31.1. The number of anilines is 1. The number of hydrogen-bond acceptors (Lipinski definition) is 4. The van der Waals surface area contributed by atoms with E-state index in [0.717, 1.165) is 27.8 Å². The van der Waals surface area contributed by atoms with Crippen molar-refractivity contribution in [3.8, 4) is 22.3 Å². The second-order valence-corrected chi connectivity index (χ2v) is 16.1. The zero-order valence-corrected chi connectivity index (χ0v) is 31.1. The molecule has 7 heteroatoms. The van der Waals surface area contributed by atoms with Crippen molar-refractivity contribution in [2.45, 2.75) is 72.1 Å². The molecule has 6 nitrogen and oxygen atoms in total.